The lowest BCUT2D eigenvalue weighted by atomic mass is 10.1. The van der Waals surface area contributed by atoms with Gasteiger partial charge >= 0.3 is 0 Å². The van der Waals surface area contributed by atoms with Crippen molar-refractivity contribution in [2.75, 3.05) is 10.8 Å². The molecule has 7 nitrogen and oxygen atoms in total. The van der Waals surface area contributed by atoms with Gasteiger partial charge in [-0.25, -0.2) is 8.42 Å². The summed E-state index contributed by atoms with van der Waals surface area (Å²) in [6.07, 6.45) is 3.97. The quantitative estimate of drug-likeness (QED) is 0.314. The van der Waals surface area contributed by atoms with Crippen molar-refractivity contribution in [2.24, 2.45) is 0 Å². The molecule has 3 aromatic carbocycles. The lowest BCUT2D eigenvalue weighted by Crippen LogP contribution is -2.52. The number of nitrogens with one attached hydrogen (secondary N) is 1. The Morgan fingerprint density at radius 2 is 1.63 bits per heavy atom. The van der Waals surface area contributed by atoms with E-state index in [4.69, 9.17) is 11.6 Å². The van der Waals surface area contributed by atoms with Crippen LogP contribution in [0.5, 0.6) is 0 Å². The van der Waals surface area contributed by atoms with E-state index in [0.29, 0.717) is 5.02 Å². The predicted molar refractivity (Wildman–Crippen MR) is 163 cm³/mol. The SMILES string of the molecule is Cc1ccc(S(=O)(=O)N(CC(=O)N(Cc2cccc(C)c2)[C@H](C)C(=O)NC2CCCC2)c2ccc(C)c(Cl)c2)cc1. The summed E-state index contributed by atoms with van der Waals surface area (Å²) in [6, 6.07) is 18.4. The average Bonchev–Trinajstić information content (AvgIpc) is 3.44. The smallest absolute Gasteiger partial charge is 0.264 e. The van der Waals surface area contributed by atoms with Gasteiger partial charge in [0, 0.05) is 17.6 Å². The van der Waals surface area contributed by atoms with Crippen molar-refractivity contribution in [2.45, 2.75) is 76.9 Å². The minimum absolute atomic E-state index is 0.0601. The van der Waals surface area contributed by atoms with E-state index in [1.54, 1.807) is 37.3 Å². The van der Waals surface area contributed by atoms with Crippen LogP contribution < -0.4 is 9.62 Å². The highest BCUT2D eigenvalue weighted by Crippen LogP contribution is 2.29. The normalized spacial score (nSPS) is 14.5. The van der Waals surface area contributed by atoms with Gasteiger partial charge in [-0.3, -0.25) is 13.9 Å². The molecule has 1 fully saturated rings. The molecular formula is C32H38ClN3O4S. The fourth-order valence-electron chi connectivity index (χ4n) is 5.08. The number of amides is 2. The molecule has 1 aliphatic carbocycles. The highest BCUT2D eigenvalue weighted by molar-refractivity contribution is 7.92. The summed E-state index contributed by atoms with van der Waals surface area (Å²) in [5.41, 5.74) is 3.85. The fourth-order valence-corrected chi connectivity index (χ4v) is 6.67. The molecule has 0 aromatic heterocycles. The third-order valence-corrected chi connectivity index (χ3v) is 9.83. The zero-order valence-electron chi connectivity index (χ0n) is 24.1. The topological polar surface area (TPSA) is 86.8 Å². The lowest BCUT2D eigenvalue weighted by molar-refractivity contribution is -0.139. The summed E-state index contributed by atoms with van der Waals surface area (Å²) in [7, 11) is -4.15. The molecule has 4 rings (SSSR count). The van der Waals surface area contributed by atoms with Crippen LogP contribution in [0.25, 0.3) is 0 Å². The Balaban J connectivity index is 1.70. The Morgan fingerprint density at radius 3 is 2.27 bits per heavy atom. The summed E-state index contributed by atoms with van der Waals surface area (Å²) in [6.45, 7) is 7.01. The number of aryl methyl sites for hydroxylation is 3. The van der Waals surface area contributed by atoms with Gasteiger partial charge in [-0.15, -0.1) is 0 Å². The van der Waals surface area contributed by atoms with Gasteiger partial charge in [0.2, 0.25) is 11.8 Å². The second-order valence-electron chi connectivity index (χ2n) is 10.9. The van der Waals surface area contributed by atoms with Crippen molar-refractivity contribution in [1.29, 1.82) is 0 Å². The number of rotatable bonds is 10. The Morgan fingerprint density at radius 1 is 0.951 bits per heavy atom. The van der Waals surface area contributed by atoms with E-state index in [-0.39, 0.29) is 29.1 Å². The van der Waals surface area contributed by atoms with Gasteiger partial charge in [-0.05, 0) is 75.9 Å². The van der Waals surface area contributed by atoms with E-state index in [1.165, 1.54) is 17.0 Å². The molecular weight excluding hydrogens is 558 g/mol. The summed E-state index contributed by atoms with van der Waals surface area (Å²) in [5.74, 6) is -0.739. The van der Waals surface area contributed by atoms with Crippen molar-refractivity contribution in [1.82, 2.24) is 10.2 Å². The Bertz CT molecular complexity index is 1500. The molecule has 41 heavy (non-hydrogen) atoms. The third kappa shape index (κ3) is 7.49. The van der Waals surface area contributed by atoms with Crippen molar-refractivity contribution < 1.29 is 18.0 Å². The molecule has 9 heteroatoms. The first kappa shape index (κ1) is 30.6. The highest BCUT2D eigenvalue weighted by Gasteiger charge is 2.33. The number of hydrogen-bond acceptors (Lipinski definition) is 4. The van der Waals surface area contributed by atoms with E-state index < -0.39 is 28.5 Å². The van der Waals surface area contributed by atoms with Gasteiger partial charge in [0.05, 0.1) is 10.6 Å². The number of anilines is 1. The average molecular weight is 596 g/mol. The first-order valence-corrected chi connectivity index (χ1v) is 15.8. The minimum atomic E-state index is -4.15. The summed E-state index contributed by atoms with van der Waals surface area (Å²) >= 11 is 6.40. The van der Waals surface area contributed by atoms with Crippen LogP contribution in [-0.4, -0.2) is 43.8 Å². The van der Waals surface area contributed by atoms with Crippen LogP contribution in [0, 0.1) is 20.8 Å². The highest BCUT2D eigenvalue weighted by atomic mass is 35.5. The van der Waals surface area contributed by atoms with Crippen LogP contribution in [0.4, 0.5) is 5.69 Å². The summed E-state index contributed by atoms with van der Waals surface area (Å²) in [5, 5.41) is 3.48. The zero-order chi connectivity index (χ0) is 29.7. The molecule has 0 spiro atoms. The largest absolute Gasteiger partial charge is 0.352 e. The summed E-state index contributed by atoms with van der Waals surface area (Å²) < 4.78 is 29.0. The lowest BCUT2D eigenvalue weighted by Gasteiger charge is -2.32. The number of nitrogens with zero attached hydrogens (tertiary/aromatic N) is 2. The van der Waals surface area contributed by atoms with E-state index in [9.17, 15) is 18.0 Å². The van der Waals surface area contributed by atoms with Gasteiger partial charge in [0.1, 0.15) is 12.6 Å². The standard InChI is InChI=1S/C32H38ClN3O4S/c1-22-12-16-29(17-13-22)41(39,40)36(28-15-14-24(3)30(33)19-28)21-31(37)35(20-26-9-7-8-23(2)18-26)25(4)32(38)34-27-10-5-6-11-27/h7-9,12-19,25,27H,5-6,10-11,20-21H2,1-4H3,(H,34,38)/t25-/m1/s1. The predicted octanol–water partition coefficient (Wildman–Crippen LogP) is 5.94. The number of carbonyl (C=O) groups excluding carboxylic acids is 2. The number of benzene rings is 3. The molecule has 1 aliphatic rings. The number of carbonyl (C=O) groups is 2. The first-order chi connectivity index (χ1) is 19.5. The maximum Gasteiger partial charge on any atom is 0.264 e. The van der Waals surface area contributed by atoms with Gasteiger partial charge in [-0.1, -0.05) is 78.0 Å². The first-order valence-electron chi connectivity index (χ1n) is 14.0. The van der Waals surface area contributed by atoms with Gasteiger partial charge in [0.15, 0.2) is 0 Å². The van der Waals surface area contributed by atoms with E-state index in [0.717, 1.165) is 52.2 Å². The van der Waals surface area contributed by atoms with Crippen LogP contribution in [0.1, 0.15) is 54.9 Å². The summed E-state index contributed by atoms with van der Waals surface area (Å²) in [4.78, 5) is 29.0. The molecule has 0 unspecified atom stereocenters. The van der Waals surface area contributed by atoms with E-state index in [2.05, 4.69) is 5.32 Å². The molecule has 1 N–H and O–H groups in total. The Kier molecular flexibility index (Phi) is 9.76. The van der Waals surface area contributed by atoms with Crippen LogP contribution in [-0.2, 0) is 26.2 Å². The fraction of sp³-hybridized carbons (Fsp3) is 0.375. The van der Waals surface area contributed by atoms with Crippen LogP contribution in [0.2, 0.25) is 5.02 Å². The third-order valence-electron chi connectivity index (χ3n) is 7.64. The molecule has 218 valence electrons. The second-order valence-corrected chi connectivity index (χ2v) is 13.2. The minimum Gasteiger partial charge on any atom is -0.352 e. The number of hydrogen-bond donors (Lipinski definition) is 1. The molecule has 1 atom stereocenters. The number of halogens is 1. The molecule has 2 amide bonds. The zero-order valence-corrected chi connectivity index (χ0v) is 25.6. The molecule has 0 saturated heterocycles. The molecule has 0 radical (unpaired) electrons. The monoisotopic (exact) mass is 595 g/mol. The van der Waals surface area contributed by atoms with Crippen molar-refractivity contribution >= 4 is 39.1 Å². The maximum absolute atomic E-state index is 14.1. The Hall–Kier alpha value is -3.36. The molecule has 1 saturated carbocycles. The van der Waals surface area contributed by atoms with E-state index in [1.807, 2.05) is 45.0 Å². The second kappa shape index (κ2) is 13.1. The van der Waals surface area contributed by atoms with Crippen molar-refractivity contribution in [3.63, 3.8) is 0 Å². The van der Waals surface area contributed by atoms with Gasteiger partial charge < -0.3 is 10.2 Å². The van der Waals surface area contributed by atoms with Gasteiger partial charge in [-0.2, -0.15) is 0 Å². The molecule has 0 aliphatic heterocycles. The molecule has 3 aromatic rings. The molecule has 0 bridgehead atoms. The van der Waals surface area contributed by atoms with Crippen molar-refractivity contribution in [3.8, 4) is 0 Å². The van der Waals surface area contributed by atoms with E-state index >= 15 is 0 Å². The Labute approximate surface area is 248 Å². The maximum atomic E-state index is 14.1. The van der Waals surface area contributed by atoms with Crippen molar-refractivity contribution in [3.05, 3.63) is 94.0 Å². The van der Waals surface area contributed by atoms with Gasteiger partial charge in [0.25, 0.3) is 10.0 Å². The van der Waals surface area contributed by atoms with Crippen LogP contribution >= 0.6 is 11.6 Å². The number of sulfonamides is 1. The van der Waals surface area contributed by atoms with Crippen LogP contribution in [0.3, 0.4) is 0 Å². The molecule has 0 heterocycles. The van der Waals surface area contributed by atoms with Crippen LogP contribution in [0.15, 0.2) is 71.6 Å².